The number of piperazine rings is 1. The summed E-state index contributed by atoms with van der Waals surface area (Å²) in [6.45, 7) is 8.21. The topological polar surface area (TPSA) is 128 Å². The van der Waals surface area contributed by atoms with Gasteiger partial charge in [0.15, 0.2) is 17.3 Å². The molecule has 2 aromatic carbocycles. The molecule has 5 N–H and O–H groups in total. The van der Waals surface area contributed by atoms with E-state index < -0.39 is 11.7 Å². The lowest BCUT2D eigenvalue weighted by molar-refractivity contribution is -0.159. The van der Waals surface area contributed by atoms with Crippen molar-refractivity contribution in [2.24, 2.45) is 11.1 Å². The second kappa shape index (κ2) is 12.1. The number of rotatable bonds is 8. The Hall–Kier alpha value is -4.26. The Morgan fingerprint density at radius 3 is 2.43 bits per heavy atom. The summed E-state index contributed by atoms with van der Waals surface area (Å²) in [4.78, 5) is 32.9. The predicted octanol–water partition coefficient (Wildman–Crippen LogP) is 4.41. The molecule has 3 saturated heterocycles. The number of carbonyl (C=O) groups excluding carboxylic acids is 1. The fourth-order valence-corrected chi connectivity index (χ4v) is 7.80. The summed E-state index contributed by atoms with van der Waals surface area (Å²) in [5.41, 5.74) is 9.59. The standard InChI is InChI=1S/C35H42FN9O2/c1-43-13-15-45(16-14-43)25-9-11-44(12-10-25)24-7-5-22(6-8-24)39-34-31(32(37)46)41-30(26-3-2-4-28-29(26)27(36)19-38-28)33(42-34)40-23-17-35(18-23)20-47-21-35/h2-8,19,23,25,38H,9-18,20-21H2,1H3,(H2,37,46)(H2,39,40,42). The molecule has 0 unspecified atom stereocenters. The van der Waals surface area contributed by atoms with E-state index in [4.69, 9.17) is 20.4 Å². The van der Waals surface area contributed by atoms with Crippen LogP contribution in [0.1, 0.15) is 36.2 Å². The first-order chi connectivity index (χ1) is 22.8. The number of carbonyl (C=O) groups is 1. The molecule has 2 aromatic heterocycles. The van der Waals surface area contributed by atoms with Crippen LogP contribution >= 0.6 is 0 Å². The number of H-pyrrole nitrogens is 1. The van der Waals surface area contributed by atoms with Gasteiger partial charge >= 0.3 is 0 Å². The number of nitrogens with two attached hydrogens (primary N) is 1. The fraction of sp³-hybridized carbons (Fsp3) is 0.457. The number of nitrogens with one attached hydrogen (secondary N) is 3. The minimum atomic E-state index is -0.719. The molecular weight excluding hydrogens is 597 g/mol. The molecule has 8 rings (SSSR count). The molecule has 1 spiro atoms. The first kappa shape index (κ1) is 30.1. The summed E-state index contributed by atoms with van der Waals surface area (Å²) in [5, 5.41) is 7.25. The van der Waals surface area contributed by atoms with Gasteiger partial charge in [-0.3, -0.25) is 9.69 Å². The lowest BCUT2D eigenvalue weighted by atomic mass is 9.64. The number of halogens is 1. The van der Waals surface area contributed by atoms with Gasteiger partial charge in [0.1, 0.15) is 11.5 Å². The average molecular weight is 640 g/mol. The normalized spacial score (nSPS) is 20.7. The number of anilines is 4. The number of piperidine rings is 1. The van der Waals surface area contributed by atoms with Crippen molar-refractivity contribution in [3.05, 3.63) is 60.2 Å². The van der Waals surface area contributed by atoms with Crippen LogP contribution in [0, 0.1) is 11.2 Å². The third kappa shape index (κ3) is 5.79. The molecule has 3 aliphatic heterocycles. The van der Waals surface area contributed by atoms with Gasteiger partial charge in [0.25, 0.3) is 5.91 Å². The summed E-state index contributed by atoms with van der Waals surface area (Å²) in [7, 11) is 2.20. The van der Waals surface area contributed by atoms with Crippen LogP contribution in [0.2, 0.25) is 0 Å². The summed E-state index contributed by atoms with van der Waals surface area (Å²) in [6.07, 6.45) is 5.56. The van der Waals surface area contributed by atoms with E-state index in [0.717, 1.165) is 71.0 Å². The first-order valence-corrected chi connectivity index (χ1v) is 16.7. The van der Waals surface area contributed by atoms with Crippen LogP contribution in [0.3, 0.4) is 0 Å². The summed E-state index contributed by atoms with van der Waals surface area (Å²) >= 11 is 0. The minimum Gasteiger partial charge on any atom is -0.380 e. The number of aromatic amines is 1. The molecule has 47 heavy (non-hydrogen) atoms. The number of fused-ring (bicyclic) bond motifs is 1. The summed E-state index contributed by atoms with van der Waals surface area (Å²) < 4.78 is 20.5. The van der Waals surface area contributed by atoms with E-state index in [0.29, 0.717) is 34.0 Å². The van der Waals surface area contributed by atoms with Gasteiger partial charge in [-0.05, 0) is 63.1 Å². The van der Waals surface area contributed by atoms with Crippen molar-refractivity contribution in [1.29, 1.82) is 0 Å². The molecule has 4 aliphatic rings. The van der Waals surface area contributed by atoms with Crippen molar-refractivity contribution < 1.29 is 13.9 Å². The van der Waals surface area contributed by atoms with Gasteiger partial charge in [-0.15, -0.1) is 0 Å². The smallest absolute Gasteiger partial charge is 0.271 e. The number of hydrogen-bond donors (Lipinski definition) is 4. The zero-order chi connectivity index (χ0) is 32.1. The minimum absolute atomic E-state index is 0.00831. The van der Waals surface area contributed by atoms with Gasteiger partial charge in [0, 0.05) is 90.8 Å². The van der Waals surface area contributed by atoms with E-state index in [-0.39, 0.29) is 23.0 Å². The SMILES string of the molecule is CN1CCN(C2CCN(c3ccc(Nc4nc(NC5CC6(COC6)C5)c(-c5cccc6[nH]cc(F)c56)nc4C(N)=O)cc3)CC2)CC1. The second-order valence-corrected chi connectivity index (χ2v) is 13.8. The van der Waals surface area contributed by atoms with Gasteiger partial charge in [-0.25, -0.2) is 14.4 Å². The molecule has 4 aromatic rings. The van der Waals surface area contributed by atoms with Crippen LogP contribution < -0.4 is 21.3 Å². The van der Waals surface area contributed by atoms with Crippen LogP contribution in [0.25, 0.3) is 22.2 Å². The average Bonchev–Trinajstić information content (AvgIpc) is 3.43. The highest BCUT2D eigenvalue weighted by molar-refractivity contribution is 6.01. The van der Waals surface area contributed by atoms with E-state index in [2.05, 4.69) is 49.5 Å². The van der Waals surface area contributed by atoms with E-state index in [1.807, 2.05) is 18.2 Å². The third-order valence-corrected chi connectivity index (χ3v) is 10.6. The van der Waals surface area contributed by atoms with Crippen LogP contribution in [0.15, 0.2) is 48.7 Å². The van der Waals surface area contributed by atoms with Crippen LogP contribution in [0.5, 0.6) is 0 Å². The Kier molecular flexibility index (Phi) is 7.73. The van der Waals surface area contributed by atoms with Crippen LogP contribution in [-0.4, -0.2) is 102 Å². The Morgan fingerprint density at radius 2 is 1.74 bits per heavy atom. The zero-order valence-electron chi connectivity index (χ0n) is 26.8. The number of likely N-dealkylation sites (N-methyl/N-ethyl adjacent to an activating group) is 1. The lowest BCUT2D eigenvalue weighted by Crippen LogP contribution is -2.56. The van der Waals surface area contributed by atoms with Crippen molar-refractivity contribution in [2.75, 3.05) is 75.1 Å². The third-order valence-electron chi connectivity index (χ3n) is 10.6. The number of nitrogens with zero attached hydrogens (tertiary/aromatic N) is 5. The number of primary amides is 1. The molecular formula is C35H42FN9O2. The monoisotopic (exact) mass is 639 g/mol. The molecule has 11 nitrogen and oxygen atoms in total. The number of ether oxygens (including phenoxy) is 1. The van der Waals surface area contributed by atoms with Gasteiger partial charge in [-0.1, -0.05) is 12.1 Å². The highest BCUT2D eigenvalue weighted by atomic mass is 19.1. The number of hydrogen-bond acceptors (Lipinski definition) is 9. The summed E-state index contributed by atoms with van der Waals surface area (Å²) in [5.74, 6) is -0.384. The first-order valence-electron chi connectivity index (χ1n) is 16.7. The van der Waals surface area contributed by atoms with Crippen LogP contribution in [-0.2, 0) is 4.74 Å². The molecule has 1 saturated carbocycles. The van der Waals surface area contributed by atoms with Crippen LogP contribution in [0.4, 0.5) is 27.4 Å². The Morgan fingerprint density at radius 1 is 1.00 bits per heavy atom. The molecule has 0 atom stereocenters. The van der Waals surface area contributed by atoms with Crippen molar-refractivity contribution in [2.45, 2.75) is 37.8 Å². The number of benzene rings is 2. The van der Waals surface area contributed by atoms with Crippen molar-refractivity contribution >= 4 is 39.8 Å². The highest BCUT2D eigenvalue weighted by Gasteiger charge is 2.50. The summed E-state index contributed by atoms with van der Waals surface area (Å²) in [6, 6.07) is 14.4. The molecule has 1 amide bonds. The Balaban J connectivity index is 1.04. The van der Waals surface area contributed by atoms with Gasteiger partial charge in [0.05, 0.1) is 13.2 Å². The fourth-order valence-electron chi connectivity index (χ4n) is 7.80. The van der Waals surface area contributed by atoms with Crippen molar-refractivity contribution in [3.63, 3.8) is 0 Å². The second-order valence-electron chi connectivity index (χ2n) is 13.8. The molecule has 4 fully saturated rings. The number of amides is 1. The largest absolute Gasteiger partial charge is 0.380 e. The van der Waals surface area contributed by atoms with E-state index in [1.54, 1.807) is 12.1 Å². The molecule has 0 bridgehead atoms. The van der Waals surface area contributed by atoms with Gasteiger partial charge in [0.2, 0.25) is 0 Å². The molecule has 246 valence electrons. The number of aromatic nitrogens is 3. The lowest BCUT2D eigenvalue weighted by Gasteiger charge is -2.53. The molecule has 0 radical (unpaired) electrons. The van der Waals surface area contributed by atoms with E-state index in [9.17, 15) is 4.79 Å². The maximum absolute atomic E-state index is 15.0. The highest BCUT2D eigenvalue weighted by Crippen LogP contribution is 2.48. The Labute approximate surface area is 273 Å². The maximum Gasteiger partial charge on any atom is 0.271 e. The van der Waals surface area contributed by atoms with E-state index in [1.165, 1.54) is 24.7 Å². The molecule has 1 aliphatic carbocycles. The van der Waals surface area contributed by atoms with Gasteiger partial charge in [-0.2, -0.15) is 0 Å². The maximum atomic E-state index is 15.0. The molecule has 5 heterocycles. The molecule has 12 heteroatoms. The van der Waals surface area contributed by atoms with Gasteiger partial charge < -0.3 is 35.9 Å². The van der Waals surface area contributed by atoms with E-state index >= 15 is 4.39 Å². The quantitative estimate of drug-likeness (QED) is 0.222. The Bertz CT molecular complexity index is 1770. The predicted molar refractivity (Wildman–Crippen MR) is 182 cm³/mol. The zero-order valence-corrected chi connectivity index (χ0v) is 26.8. The van der Waals surface area contributed by atoms with Crippen molar-refractivity contribution in [3.8, 4) is 11.3 Å². The van der Waals surface area contributed by atoms with Crippen molar-refractivity contribution in [1.82, 2.24) is 24.8 Å².